The molecule has 6 nitrogen and oxygen atoms in total. The Balaban J connectivity index is 4.12. The van der Waals surface area contributed by atoms with Crippen LogP contribution in [0.3, 0.4) is 0 Å². The predicted molar refractivity (Wildman–Crippen MR) is 321 cm³/mol. The quantitative estimate of drug-likeness (QED) is 0.0261. The minimum absolute atomic E-state index is 0.0629. The van der Waals surface area contributed by atoms with E-state index in [9.17, 15) is 14.4 Å². The summed E-state index contributed by atoms with van der Waals surface area (Å²) in [5.74, 6) is -0.833. The molecule has 74 heavy (non-hydrogen) atoms. The van der Waals surface area contributed by atoms with Crippen molar-refractivity contribution in [3.8, 4) is 0 Å². The van der Waals surface area contributed by atoms with Crippen LogP contribution < -0.4 is 0 Å². The Morgan fingerprint density at radius 2 is 0.446 bits per heavy atom. The number of hydrogen-bond donors (Lipinski definition) is 0. The van der Waals surface area contributed by atoms with Gasteiger partial charge in [-0.3, -0.25) is 14.4 Å². The molecule has 438 valence electrons. The van der Waals surface area contributed by atoms with Crippen LogP contribution in [-0.4, -0.2) is 37.2 Å². The Bertz CT molecular complexity index is 1150. The number of unbranched alkanes of at least 4 members (excludes halogenated alkanes) is 50. The van der Waals surface area contributed by atoms with Gasteiger partial charge in [0.15, 0.2) is 6.10 Å². The van der Waals surface area contributed by atoms with Crippen molar-refractivity contribution in [1.29, 1.82) is 0 Å². The summed E-state index contributed by atoms with van der Waals surface area (Å²) in [6, 6.07) is 0. The van der Waals surface area contributed by atoms with Crippen molar-refractivity contribution >= 4 is 17.9 Å². The zero-order chi connectivity index (χ0) is 53.6. The molecule has 6 heteroatoms. The van der Waals surface area contributed by atoms with Crippen LogP contribution in [-0.2, 0) is 28.6 Å². The van der Waals surface area contributed by atoms with Gasteiger partial charge < -0.3 is 14.2 Å². The first kappa shape index (κ1) is 72.2. The van der Waals surface area contributed by atoms with Gasteiger partial charge in [0.1, 0.15) is 13.2 Å². The molecule has 1 unspecified atom stereocenters. The van der Waals surface area contributed by atoms with Crippen molar-refractivity contribution in [3.63, 3.8) is 0 Å². The Morgan fingerprint density at radius 1 is 0.257 bits per heavy atom. The van der Waals surface area contributed by atoms with E-state index in [-0.39, 0.29) is 31.1 Å². The summed E-state index contributed by atoms with van der Waals surface area (Å²) in [6.07, 6.45) is 75.3. The Labute approximate surface area is 462 Å². The second-order valence-corrected chi connectivity index (χ2v) is 23.1. The lowest BCUT2D eigenvalue weighted by Crippen LogP contribution is -2.30. The summed E-state index contributed by atoms with van der Waals surface area (Å²) in [7, 11) is 0. The second-order valence-electron chi connectivity index (χ2n) is 23.1. The highest BCUT2D eigenvalue weighted by Crippen LogP contribution is 2.18. The van der Waals surface area contributed by atoms with Crippen LogP contribution in [0.1, 0.15) is 387 Å². The van der Waals surface area contributed by atoms with Gasteiger partial charge in [0.2, 0.25) is 0 Å². The molecule has 0 saturated heterocycles. The van der Waals surface area contributed by atoms with E-state index in [0.29, 0.717) is 19.3 Å². The van der Waals surface area contributed by atoms with E-state index in [1.54, 1.807) is 0 Å². The van der Waals surface area contributed by atoms with Crippen LogP contribution in [0.5, 0.6) is 0 Å². The summed E-state index contributed by atoms with van der Waals surface area (Å²) in [4.78, 5) is 38.2. The maximum absolute atomic E-state index is 12.9. The summed E-state index contributed by atoms with van der Waals surface area (Å²) in [6.45, 7) is 6.71. The first-order valence-electron chi connectivity index (χ1n) is 33.7. The summed E-state index contributed by atoms with van der Waals surface area (Å²) < 4.78 is 16.9. The van der Waals surface area contributed by atoms with Gasteiger partial charge in [-0.05, 0) is 44.9 Å². The fourth-order valence-electron chi connectivity index (χ4n) is 10.4. The molecule has 0 aliphatic rings. The van der Waals surface area contributed by atoms with E-state index >= 15 is 0 Å². The van der Waals surface area contributed by atoms with Crippen molar-refractivity contribution < 1.29 is 28.6 Å². The number of rotatable bonds is 63. The molecular formula is C68H130O6. The van der Waals surface area contributed by atoms with Crippen LogP contribution in [0.4, 0.5) is 0 Å². The Hall–Kier alpha value is -1.85. The standard InChI is InChI=1S/C68H130O6/c1-4-7-10-13-16-19-22-24-26-28-30-31-32-33-34-35-36-37-39-40-42-44-46-49-52-55-58-61-67(70)73-64-65(63-72-66(69)60-57-54-51-48-21-18-15-12-9-6-3)74-68(71)62-59-56-53-50-47-45-43-41-38-29-27-25-23-20-17-14-11-8-5-2/h28,30,65H,4-27,29,31-64H2,1-3H3/b30-28-. The third kappa shape index (κ3) is 61.0. The van der Waals surface area contributed by atoms with Gasteiger partial charge in [0, 0.05) is 19.3 Å². The highest BCUT2D eigenvalue weighted by molar-refractivity contribution is 5.71. The van der Waals surface area contributed by atoms with Gasteiger partial charge in [0.25, 0.3) is 0 Å². The fourth-order valence-corrected chi connectivity index (χ4v) is 10.4. The molecule has 0 aromatic heterocycles. The molecule has 0 saturated carbocycles. The first-order chi connectivity index (χ1) is 36.5. The molecule has 0 fully saturated rings. The lowest BCUT2D eigenvalue weighted by Gasteiger charge is -2.18. The first-order valence-corrected chi connectivity index (χ1v) is 33.7. The van der Waals surface area contributed by atoms with Gasteiger partial charge in [-0.15, -0.1) is 0 Å². The van der Waals surface area contributed by atoms with Gasteiger partial charge >= 0.3 is 17.9 Å². The minimum atomic E-state index is -0.764. The largest absolute Gasteiger partial charge is 0.462 e. The molecule has 0 amide bonds. The highest BCUT2D eigenvalue weighted by Gasteiger charge is 2.19. The van der Waals surface area contributed by atoms with E-state index in [2.05, 4.69) is 32.9 Å². The normalized spacial score (nSPS) is 12.0. The molecule has 0 spiro atoms. The third-order valence-electron chi connectivity index (χ3n) is 15.5. The monoisotopic (exact) mass is 1040 g/mol. The SMILES string of the molecule is CCCCCCCCCC/C=C\CCCCCCCCCCCCCCCCCC(=O)OCC(COC(=O)CCCCCCCCCCCC)OC(=O)CCCCCCCCCCCCCCCCCCCCC. The average molecular weight is 1040 g/mol. The lowest BCUT2D eigenvalue weighted by molar-refractivity contribution is -0.167. The fraction of sp³-hybridized carbons (Fsp3) is 0.926. The van der Waals surface area contributed by atoms with Crippen LogP contribution in [0, 0.1) is 0 Å². The summed E-state index contributed by atoms with van der Waals surface area (Å²) in [5.41, 5.74) is 0. The highest BCUT2D eigenvalue weighted by atomic mass is 16.6. The molecule has 0 N–H and O–H groups in total. The molecular weight excluding hydrogens is 913 g/mol. The van der Waals surface area contributed by atoms with E-state index in [1.807, 2.05) is 0 Å². The Kier molecular flexibility index (Phi) is 62.1. The maximum atomic E-state index is 12.9. The van der Waals surface area contributed by atoms with Gasteiger partial charge in [-0.1, -0.05) is 335 Å². The average Bonchev–Trinajstić information content (AvgIpc) is 3.40. The number of esters is 3. The van der Waals surface area contributed by atoms with Crippen molar-refractivity contribution in [2.75, 3.05) is 13.2 Å². The number of ether oxygens (including phenoxy) is 3. The van der Waals surface area contributed by atoms with Gasteiger partial charge in [-0.25, -0.2) is 0 Å². The molecule has 0 aromatic rings. The van der Waals surface area contributed by atoms with Crippen molar-refractivity contribution in [3.05, 3.63) is 12.2 Å². The number of hydrogen-bond acceptors (Lipinski definition) is 6. The lowest BCUT2D eigenvalue weighted by atomic mass is 10.0. The van der Waals surface area contributed by atoms with Crippen LogP contribution in [0.15, 0.2) is 12.2 Å². The van der Waals surface area contributed by atoms with Gasteiger partial charge in [-0.2, -0.15) is 0 Å². The molecule has 0 bridgehead atoms. The molecule has 0 aromatic carbocycles. The molecule has 0 heterocycles. The third-order valence-corrected chi connectivity index (χ3v) is 15.5. The van der Waals surface area contributed by atoms with Crippen LogP contribution in [0.25, 0.3) is 0 Å². The predicted octanol–water partition coefficient (Wildman–Crippen LogP) is 22.8. The molecule has 0 aliphatic carbocycles. The Morgan fingerprint density at radius 3 is 0.676 bits per heavy atom. The second kappa shape index (κ2) is 63.7. The van der Waals surface area contributed by atoms with Crippen LogP contribution >= 0.6 is 0 Å². The van der Waals surface area contributed by atoms with E-state index in [4.69, 9.17) is 14.2 Å². The number of carbonyl (C=O) groups excluding carboxylic acids is 3. The smallest absolute Gasteiger partial charge is 0.306 e. The number of allylic oxidation sites excluding steroid dienone is 2. The molecule has 1 atom stereocenters. The summed E-state index contributed by atoms with van der Waals surface area (Å²) in [5, 5.41) is 0. The molecule has 0 radical (unpaired) electrons. The zero-order valence-electron chi connectivity index (χ0n) is 50.4. The molecule has 0 aliphatic heterocycles. The van der Waals surface area contributed by atoms with Crippen molar-refractivity contribution in [2.24, 2.45) is 0 Å². The van der Waals surface area contributed by atoms with Crippen molar-refractivity contribution in [1.82, 2.24) is 0 Å². The van der Waals surface area contributed by atoms with E-state index < -0.39 is 6.10 Å². The maximum Gasteiger partial charge on any atom is 0.306 e. The van der Waals surface area contributed by atoms with Gasteiger partial charge in [0.05, 0.1) is 0 Å². The van der Waals surface area contributed by atoms with E-state index in [0.717, 1.165) is 57.8 Å². The van der Waals surface area contributed by atoms with E-state index in [1.165, 1.54) is 289 Å². The summed E-state index contributed by atoms with van der Waals surface area (Å²) >= 11 is 0. The van der Waals surface area contributed by atoms with Crippen molar-refractivity contribution in [2.45, 2.75) is 393 Å². The number of carbonyl (C=O) groups is 3. The zero-order valence-corrected chi connectivity index (χ0v) is 50.4. The minimum Gasteiger partial charge on any atom is -0.462 e. The van der Waals surface area contributed by atoms with Crippen LogP contribution in [0.2, 0.25) is 0 Å². The molecule has 0 rings (SSSR count). The topological polar surface area (TPSA) is 78.9 Å².